The Hall–Kier alpha value is -2.11. The van der Waals surface area contributed by atoms with E-state index in [4.69, 9.17) is 0 Å². The van der Waals surface area contributed by atoms with Crippen LogP contribution in [0.2, 0.25) is 0 Å². The van der Waals surface area contributed by atoms with Gasteiger partial charge in [0.2, 0.25) is 0 Å². The second kappa shape index (κ2) is 5.48. The molecule has 1 aliphatic rings. The smallest absolute Gasteiger partial charge is 0.320 e. The summed E-state index contributed by atoms with van der Waals surface area (Å²) < 4.78 is 0. The zero-order valence-corrected chi connectivity index (χ0v) is 11.7. The molecule has 1 saturated heterocycles. The van der Waals surface area contributed by atoms with Gasteiger partial charge in [0.1, 0.15) is 0 Å². The minimum absolute atomic E-state index is 0.152. The molecule has 2 amide bonds. The zero-order chi connectivity index (χ0) is 14.8. The number of amides is 2. The molecule has 0 saturated carbocycles. The highest BCUT2D eigenvalue weighted by Gasteiger charge is 2.42. The Labute approximate surface area is 118 Å². The average molecular weight is 277 g/mol. The first-order valence-corrected chi connectivity index (χ1v) is 6.56. The van der Waals surface area contributed by atoms with E-state index in [-0.39, 0.29) is 12.6 Å². The van der Waals surface area contributed by atoms with E-state index in [0.717, 1.165) is 5.69 Å². The molecule has 1 atom stereocenters. The quantitative estimate of drug-likeness (QED) is 0.907. The van der Waals surface area contributed by atoms with Gasteiger partial charge >= 0.3 is 12.0 Å². The second-order valence-electron chi connectivity index (χ2n) is 5.50. The molecule has 1 unspecified atom stereocenters. The third-order valence-corrected chi connectivity index (χ3v) is 3.71. The summed E-state index contributed by atoms with van der Waals surface area (Å²) >= 11 is 0. The molecule has 0 aromatic carbocycles. The Balaban J connectivity index is 1.97. The molecule has 6 nitrogen and oxygen atoms in total. The molecule has 0 aliphatic carbocycles. The van der Waals surface area contributed by atoms with Crippen LogP contribution in [0.1, 0.15) is 19.0 Å². The van der Waals surface area contributed by atoms with Crippen molar-refractivity contribution in [1.82, 2.24) is 14.8 Å². The van der Waals surface area contributed by atoms with Crippen molar-refractivity contribution in [2.75, 3.05) is 20.1 Å². The predicted octanol–water partition coefficient (Wildman–Crippen LogP) is 1.43. The van der Waals surface area contributed by atoms with E-state index in [1.807, 2.05) is 18.2 Å². The van der Waals surface area contributed by atoms with Crippen LogP contribution in [-0.4, -0.2) is 52.0 Å². The number of hydrogen-bond acceptors (Lipinski definition) is 3. The van der Waals surface area contributed by atoms with E-state index >= 15 is 0 Å². The number of aromatic nitrogens is 1. The standard InChI is InChI=1S/C14H19N3O3/c1-14(12(18)19)6-8-17(10-14)13(20)16(2)9-11-5-3-4-7-15-11/h3-5,7H,6,8-10H2,1-2H3,(H,18,19). The lowest BCUT2D eigenvalue weighted by Crippen LogP contribution is -2.41. The highest BCUT2D eigenvalue weighted by atomic mass is 16.4. The normalized spacial score (nSPS) is 21.8. The van der Waals surface area contributed by atoms with Gasteiger partial charge in [-0.3, -0.25) is 9.78 Å². The number of urea groups is 1. The van der Waals surface area contributed by atoms with Gasteiger partial charge in [0.15, 0.2) is 0 Å². The fourth-order valence-corrected chi connectivity index (χ4v) is 2.34. The summed E-state index contributed by atoms with van der Waals surface area (Å²) in [5.41, 5.74) is -0.0230. The molecule has 2 rings (SSSR count). The van der Waals surface area contributed by atoms with Crippen LogP contribution in [-0.2, 0) is 11.3 Å². The number of carbonyl (C=O) groups excluding carboxylic acids is 1. The molecule has 1 aromatic heterocycles. The van der Waals surface area contributed by atoms with Crippen molar-refractivity contribution in [3.05, 3.63) is 30.1 Å². The fourth-order valence-electron chi connectivity index (χ4n) is 2.34. The topological polar surface area (TPSA) is 73.7 Å². The molecule has 108 valence electrons. The van der Waals surface area contributed by atoms with Crippen LogP contribution >= 0.6 is 0 Å². The number of carbonyl (C=O) groups is 2. The fraction of sp³-hybridized carbons (Fsp3) is 0.500. The third kappa shape index (κ3) is 2.89. The van der Waals surface area contributed by atoms with Gasteiger partial charge in [-0.15, -0.1) is 0 Å². The van der Waals surface area contributed by atoms with Crippen molar-refractivity contribution in [3.8, 4) is 0 Å². The number of pyridine rings is 1. The van der Waals surface area contributed by atoms with E-state index in [9.17, 15) is 14.7 Å². The number of nitrogens with zero attached hydrogens (tertiary/aromatic N) is 3. The zero-order valence-electron chi connectivity index (χ0n) is 11.7. The molecule has 0 spiro atoms. The average Bonchev–Trinajstić information content (AvgIpc) is 2.83. The van der Waals surface area contributed by atoms with Crippen LogP contribution in [0.5, 0.6) is 0 Å². The molecule has 20 heavy (non-hydrogen) atoms. The summed E-state index contributed by atoms with van der Waals surface area (Å²) in [7, 11) is 1.70. The molecule has 6 heteroatoms. The summed E-state index contributed by atoms with van der Waals surface area (Å²) in [6, 6.07) is 5.40. The predicted molar refractivity (Wildman–Crippen MR) is 73.0 cm³/mol. The van der Waals surface area contributed by atoms with Gasteiger partial charge in [0, 0.05) is 26.3 Å². The molecule has 0 bridgehead atoms. The molecular weight excluding hydrogens is 258 g/mol. The maximum atomic E-state index is 12.3. The second-order valence-corrected chi connectivity index (χ2v) is 5.50. The maximum Gasteiger partial charge on any atom is 0.320 e. The van der Waals surface area contributed by atoms with Crippen LogP contribution in [0.25, 0.3) is 0 Å². The van der Waals surface area contributed by atoms with Crippen molar-refractivity contribution in [2.45, 2.75) is 19.9 Å². The first kappa shape index (κ1) is 14.3. The van der Waals surface area contributed by atoms with Crippen LogP contribution in [0, 0.1) is 5.41 Å². The molecule has 1 fully saturated rings. The van der Waals surface area contributed by atoms with Crippen LogP contribution in [0.4, 0.5) is 4.79 Å². The summed E-state index contributed by atoms with van der Waals surface area (Å²) in [5, 5.41) is 9.18. The summed E-state index contributed by atoms with van der Waals surface area (Å²) in [5.74, 6) is -0.847. The Morgan fingerprint density at radius 1 is 1.50 bits per heavy atom. The van der Waals surface area contributed by atoms with E-state index < -0.39 is 11.4 Å². The van der Waals surface area contributed by atoms with E-state index in [1.165, 1.54) is 0 Å². The molecular formula is C14H19N3O3. The highest BCUT2D eigenvalue weighted by molar-refractivity contribution is 5.79. The van der Waals surface area contributed by atoms with Crippen molar-refractivity contribution in [1.29, 1.82) is 0 Å². The van der Waals surface area contributed by atoms with Gasteiger partial charge in [0.05, 0.1) is 17.7 Å². The van der Waals surface area contributed by atoms with Crippen LogP contribution in [0.15, 0.2) is 24.4 Å². The molecule has 2 heterocycles. The van der Waals surface area contributed by atoms with Gasteiger partial charge in [-0.2, -0.15) is 0 Å². The Bertz CT molecular complexity index is 506. The maximum absolute atomic E-state index is 12.3. The van der Waals surface area contributed by atoms with E-state index in [0.29, 0.717) is 19.5 Å². The number of carboxylic acids is 1. The monoisotopic (exact) mass is 277 g/mol. The lowest BCUT2D eigenvalue weighted by Gasteiger charge is -2.25. The summed E-state index contributed by atoms with van der Waals surface area (Å²) in [6.07, 6.45) is 2.18. The Kier molecular flexibility index (Phi) is 3.92. The van der Waals surface area contributed by atoms with Gasteiger partial charge in [-0.25, -0.2) is 4.79 Å². The minimum atomic E-state index is -0.847. The van der Waals surface area contributed by atoms with Crippen molar-refractivity contribution in [2.24, 2.45) is 5.41 Å². The summed E-state index contributed by atoms with van der Waals surface area (Å²) in [6.45, 7) is 2.84. The first-order valence-electron chi connectivity index (χ1n) is 6.56. The molecule has 1 aliphatic heterocycles. The number of hydrogen-bond donors (Lipinski definition) is 1. The summed E-state index contributed by atoms with van der Waals surface area (Å²) in [4.78, 5) is 30.8. The number of likely N-dealkylation sites (tertiary alicyclic amines) is 1. The van der Waals surface area contributed by atoms with Crippen molar-refractivity contribution < 1.29 is 14.7 Å². The Morgan fingerprint density at radius 2 is 2.25 bits per heavy atom. The number of aliphatic carboxylic acids is 1. The van der Waals surface area contributed by atoms with Gasteiger partial charge in [0.25, 0.3) is 0 Å². The molecule has 0 radical (unpaired) electrons. The van der Waals surface area contributed by atoms with Crippen molar-refractivity contribution in [3.63, 3.8) is 0 Å². The number of carboxylic acid groups (broad SMARTS) is 1. The minimum Gasteiger partial charge on any atom is -0.481 e. The van der Waals surface area contributed by atoms with E-state index in [1.54, 1.807) is 30.0 Å². The molecule has 1 aromatic rings. The van der Waals surface area contributed by atoms with Gasteiger partial charge in [-0.1, -0.05) is 6.07 Å². The van der Waals surface area contributed by atoms with E-state index in [2.05, 4.69) is 4.98 Å². The van der Waals surface area contributed by atoms with Crippen molar-refractivity contribution >= 4 is 12.0 Å². The van der Waals surface area contributed by atoms with Gasteiger partial charge in [-0.05, 0) is 25.5 Å². The largest absolute Gasteiger partial charge is 0.481 e. The Morgan fingerprint density at radius 3 is 2.80 bits per heavy atom. The third-order valence-electron chi connectivity index (χ3n) is 3.71. The van der Waals surface area contributed by atoms with Crippen LogP contribution in [0.3, 0.4) is 0 Å². The molecule has 1 N–H and O–H groups in total. The lowest BCUT2D eigenvalue weighted by atomic mass is 9.90. The first-order chi connectivity index (χ1) is 9.42. The lowest BCUT2D eigenvalue weighted by molar-refractivity contribution is -0.147. The SMILES string of the molecule is CN(Cc1ccccn1)C(=O)N1CCC(C)(C(=O)O)C1. The number of rotatable bonds is 3. The highest BCUT2D eigenvalue weighted by Crippen LogP contribution is 2.30. The van der Waals surface area contributed by atoms with Crippen LogP contribution < -0.4 is 0 Å². The van der Waals surface area contributed by atoms with Gasteiger partial charge < -0.3 is 14.9 Å².